The first-order valence-corrected chi connectivity index (χ1v) is 5.75. The molecule has 1 rings (SSSR count). The maximum Gasteiger partial charge on any atom is 0.158 e. The lowest BCUT2D eigenvalue weighted by Gasteiger charge is -2.13. The van der Waals surface area contributed by atoms with Crippen LogP contribution in [0.25, 0.3) is 0 Å². The summed E-state index contributed by atoms with van der Waals surface area (Å²) in [5.74, 6) is 0.739. The van der Waals surface area contributed by atoms with Gasteiger partial charge in [0, 0.05) is 6.04 Å². The zero-order valence-electron chi connectivity index (χ0n) is 9.90. The first kappa shape index (κ1) is 12.4. The summed E-state index contributed by atoms with van der Waals surface area (Å²) in [4.78, 5) is 8.08. The summed E-state index contributed by atoms with van der Waals surface area (Å²) in [5.41, 5.74) is 0.351. The van der Waals surface area contributed by atoms with Crippen molar-refractivity contribution in [3.05, 3.63) is 18.1 Å². The van der Waals surface area contributed by atoms with Crippen LogP contribution in [0.5, 0.6) is 0 Å². The van der Waals surface area contributed by atoms with E-state index in [9.17, 15) is 0 Å². The van der Waals surface area contributed by atoms with Crippen LogP contribution in [0, 0.1) is 11.3 Å². The molecule has 0 radical (unpaired) electrons. The van der Waals surface area contributed by atoms with Gasteiger partial charge in [0.15, 0.2) is 5.69 Å². The third-order valence-corrected chi connectivity index (χ3v) is 2.40. The third-order valence-electron chi connectivity index (χ3n) is 2.40. The van der Waals surface area contributed by atoms with Gasteiger partial charge in [0.05, 0.1) is 12.4 Å². The van der Waals surface area contributed by atoms with Gasteiger partial charge in [-0.2, -0.15) is 5.26 Å². The van der Waals surface area contributed by atoms with Crippen LogP contribution in [-0.4, -0.2) is 16.0 Å². The molecule has 16 heavy (non-hydrogen) atoms. The smallest absolute Gasteiger partial charge is 0.158 e. The van der Waals surface area contributed by atoms with Crippen molar-refractivity contribution in [2.45, 2.75) is 45.6 Å². The fraction of sp³-hybridized carbons (Fsp3) is 0.583. The summed E-state index contributed by atoms with van der Waals surface area (Å²) in [6.07, 6.45) is 7.97. The summed E-state index contributed by atoms with van der Waals surface area (Å²) < 4.78 is 0. The first-order valence-electron chi connectivity index (χ1n) is 5.75. The Bertz CT molecular complexity index is 339. The van der Waals surface area contributed by atoms with E-state index >= 15 is 0 Å². The molecule has 0 bridgehead atoms. The molecular weight excluding hydrogens is 200 g/mol. The van der Waals surface area contributed by atoms with Crippen LogP contribution in [0.1, 0.15) is 45.2 Å². The van der Waals surface area contributed by atoms with Gasteiger partial charge in [0.25, 0.3) is 0 Å². The molecule has 0 saturated carbocycles. The van der Waals surface area contributed by atoms with Gasteiger partial charge in [-0.05, 0) is 13.3 Å². The highest BCUT2D eigenvalue weighted by molar-refractivity contribution is 5.33. The molecule has 0 aliphatic rings. The summed E-state index contributed by atoms with van der Waals surface area (Å²) in [7, 11) is 0. The van der Waals surface area contributed by atoms with Crippen molar-refractivity contribution in [1.82, 2.24) is 9.97 Å². The van der Waals surface area contributed by atoms with Gasteiger partial charge in [0.2, 0.25) is 0 Å². The van der Waals surface area contributed by atoms with Gasteiger partial charge in [-0.25, -0.2) is 9.97 Å². The van der Waals surface area contributed by atoms with E-state index < -0.39 is 0 Å². The molecule has 1 N–H and O–H groups in total. The minimum absolute atomic E-state index is 0.351. The van der Waals surface area contributed by atoms with E-state index in [0.29, 0.717) is 11.7 Å². The van der Waals surface area contributed by atoms with E-state index in [1.165, 1.54) is 25.5 Å². The number of anilines is 1. The Kier molecular flexibility index (Phi) is 5.27. The van der Waals surface area contributed by atoms with Crippen molar-refractivity contribution in [1.29, 1.82) is 5.26 Å². The minimum Gasteiger partial charge on any atom is -0.366 e. The monoisotopic (exact) mass is 218 g/mol. The standard InChI is InChI=1S/C12H18N4/c1-3-4-5-6-10(2)16-12-9-14-11(7-13)8-15-12/h8-10H,3-6H2,1-2H3,(H,15,16). The number of hydrogen-bond donors (Lipinski definition) is 1. The second-order valence-electron chi connectivity index (χ2n) is 3.94. The second-order valence-corrected chi connectivity index (χ2v) is 3.94. The topological polar surface area (TPSA) is 61.6 Å². The van der Waals surface area contributed by atoms with Crippen LogP contribution in [0.4, 0.5) is 5.82 Å². The lowest BCUT2D eigenvalue weighted by atomic mass is 10.1. The number of nitrogens with zero attached hydrogens (tertiary/aromatic N) is 3. The van der Waals surface area contributed by atoms with Crippen LogP contribution in [0.15, 0.2) is 12.4 Å². The normalized spacial score (nSPS) is 11.8. The maximum atomic E-state index is 8.58. The van der Waals surface area contributed by atoms with Crippen LogP contribution in [0.2, 0.25) is 0 Å². The van der Waals surface area contributed by atoms with Crippen LogP contribution >= 0.6 is 0 Å². The molecule has 4 heteroatoms. The molecule has 86 valence electrons. The molecule has 0 aliphatic carbocycles. The Morgan fingerprint density at radius 1 is 1.38 bits per heavy atom. The number of rotatable bonds is 6. The quantitative estimate of drug-likeness (QED) is 0.746. The average Bonchev–Trinajstić information content (AvgIpc) is 2.30. The molecule has 0 amide bonds. The highest BCUT2D eigenvalue weighted by Crippen LogP contribution is 2.08. The van der Waals surface area contributed by atoms with E-state index in [-0.39, 0.29) is 0 Å². The van der Waals surface area contributed by atoms with Gasteiger partial charge < -0.3 is 5.32 Å². The summed E-state index contributed by atoms with van der Waals surface area (Å²) >= 11 is 0. The molecule has 0 aromatic carbocycles. The molecule has 0 spiro atoms. The highest BCUT2D eigenvalue weighted by Gasteiger charge is 2.02. The van der Waals surface area contributed by atoms with Crippen molar-refractivity contribution < 1.29 is 0 Å². The van der Waals surface area contributed by atoms with Gasteiger partial charge in [-0.3, -0.25) is 0 Å². The summed E-state index contributed by atoms with van der Waals surface area (Å²) in [6, 6.07) is 2.35. The lowest BCUT2D eigenvalue weighted by molar-refractivity contribution is 0.613. The summed E-state index contributed by atoms with van der Waals surface area (Å²) in [6.45, 7) is 4.33. The second kappa shape index (κ2) is 6.78. The van der Waals surface area contributed by atoms with Crippen molar-refractivity contribution in [3.63, 3.8) is 0 Å². The zero-order chi connectivity index (χ0) is 11.8. The zero-order valence-corrected chi connectivity index (χ0v) is 9.90. The SMILES string of the molecule is CCCCCC(C)Nc1cnc(C#N)cn1. The lowest BCUT2D eigenvalue weighted by Crippen LogP contribution is -2.16. The van der Waals surface area contributed by atoms with Crippen molar-refractivity contribution >= 4 is 5.82 Å². The van der Waals surface area contributed by atoms with E-state index in [1.54, 1.807) is 6.20 Å². The maximum absolute atomic E-state index is 8.58. The van der Waals surface area contributed by atoms with Gasteiger partial charge in [-0.1, -0.05) is 26.2 Å². The predicted octanol–water partition coefficient (Wildman–Crippen LogP) is 2.73. The molecule has 1 aromatic rings. The Labute approximate surface area is 96.7 Å². The van der Waals surface area contributed by atoms with Crippen LogP contribution in [-0.2, 0) is 0 Å². The van der Waals surface area contributed by atoms with Gasteiger partial charge in [-0.15, -0.1) is 0 Å². The molecule has 1 atom stereocenters. The van der Waals surface area contributed by atoms with Crippen molar-refractivity contribution in [2.75, 3.05) is 5.32 Å². The van der Waals surface area contributed by atoms with Crippen molar-refractivity contribution in [2.24, 2.45) is 0 Å². The third kappa shape index (κ3) is 4.26. The van der Waals surface area contributed by atoms with E-state index in [1.807, 2.05) is 6.07 Å². The molecule has 0 saturated heterocycles. The molecule has 1 heterocycles. The average molecular weight is 218 g/mol. The fourth-order valence-electron chi connectivity index (χ4n) is 1.49. The number of nitriles is 1. The Balaban J connectivity index is 2.38. The Hall–Kier alpha value is -1.63. The van der Waals surface area contributed by atoms with Crippen LogP contribution < -0.4 is 5.32 Å². The molecule has 0 fully saturated rings. The van der Waals surface area contributed by atoms with E-state index in [4.69, 9.17) is 5.26 Å². The molecule has 1 aromatic heterocycles. The van der Waals surface area contributed by atoms with Crippen molar-refractivity contribution in [3.8, 4) is 6.07 Å². The van der Waals surface area contributed by atoms with Gasteiger partial charge in [0.1, 0.15) is 11.9 Å². The minimum atomic E-state index is 0.351. The largest absolute Gasteiger partial charge is 0.366 e. The van der Waals surface area contributed by atoms with Gasteiger partial charge >= 0.3 is 0 Å². The van der Waals surface area contributed by atoms with E-state index in [0.717, 1.165) is 12.2 Å². The molecule has 4 nitrogen and oxygen atoms in total. The predicted molar refractivity (Wildman–Crippen MR) is 64.0 cm³/mol. The van der Waals surface area contributed by atoms with Crippen LogP contribution in [0.3, 0.4) is 0 Å². The Morgan fingerprint density at radius 2 is 2.19 bits per heavy atom. The Morgan fingerprint density at radius 3 is 2.75 bits per heavy atom. The highest BCUT2D eigenvalue weighted by atomic mass is 15.0. The molecular formula is C12H18N4. The number of aromatic nitrogens is 2. The number of hydrogen-bond acceptors (Lipinski definition) is 4. The summed E-state index contributed by atoms with van der Waals surface area (Å²) in [5, 5.41) is 11.8. The molecule has 0 aliphatic heterocycles. The number of nitrogens with one attached hydrogen (secondary N) is 1. The fourth-order valence-corrected chi connectivity index (χ4v) is 1.49. The first-order chi connectivity index (χ1) is 7.76. The number of unbranched alkanes of at least 4 members (excludes halogenated alkanes) is 2. The molecule has 1 unspecified atom stereocenters. The van der Waals surface area contributed by atoms with E-state index in [2.05, 4.69) is 29.1 Å².